The molecule has 2 aromatic rings. The first kappa shape index (κ1) is 10.9. The van der Waals surface area contributed by atoms with Crippen LogP contribution in [0.4, 0.5) is 0 Å². The average Bonchev–Trinajstić information content (AvgIpc) is 2.32. The van der Waals surface area contributed by atoms with E-state index in [2.05, 4.69) is 52.0 Å². The van der Waals surface area contributed by atoms with Crippen LogP contribution in [0.2, 0.25) is 0 Å². The van der Waals surface area contributed by atoms with Gasteiger partial charge in [0.05, 0.1) is 0 Å². The Bertz CT molecular complexity index is 507. The Morgan fingerprint density at radius 3 is 2.25 bits per heavy atom. The Kier molecular flexibility index (Phi) is 2.82. The first-order chi connectivity index (χ1) is 7.61. The zero-order valence-corrected chi connectivity index (χ0v) is 10.4. The van der Waals surface area contributed by atoms with E-state index < -0.39 is 0 Å². The van der Waals surface area contributed by atoms with Gasteiger partial charge >= 0.3 is 0 Å². The summed E-state index contributed by atoms with van der Waals surface area (Å²) in [7, 11) is 0. The molecule has 16 heavy (non-hydrogen) atoms. The van der Waals surface area contributed by atoms with Crippen molar-refractivity contribution in [3.63, 3.8) is 0 Å². The SMILES string of the molecule is Cc1cc(-c2[c]cccc2)c(C)c(C)c1C. The predicted molar refractivity (Wildman–Crippen MR) is 69.7 cm³/mol. The summed E-state index contributed by atoms with van der Waals surface area (Å²) in [5.74, 6) is 0. The highest BCUT2D eigenvalue weighted by molar-refractivity contribution is 5.70. The van der Waals surface area contributed by atoms with Crippen molar-refractivity contribution in [2.45, 2.75) is 27.7 Å². The van der Waals surface area contributed by atoms with Gasteiger partial charge in [0.15, 0.2) is 0 Å². The van der Waals surface area contributed by atoms with Crippen LogP contribution < -0.4 is 0 Å². The van der Waals surface area contributed by atoms with Crippen LogP contribution in [-0.4, -0.2) is 0 Å². The van der Waals surface area contributed by atoms with Crippen molar-refractivity contribution in [1.82, 2.24) is 0 Å². The molecule has 2 aromatic carbocycles. The highest BCUT2D eigenvalue weighted by Crippen LogP contribution is 2.29. The lowest BCUT2D eigenvalue weighted by atomic mass is 9.91. The lowest BCUT2D eigenvalue weighted by molar-refractivity contribution is 1.22. The molecule has 0 atom stereocenters. The molecule has 0 nitrogen and oxygen atoms in total. The van der Waals surface area contributed by atoms with E-state index >= 15 is 0 Å². The van der Waals surface area contributed by atoms with E-state index in [-0.39, 0.29) is 0 Å². The molecule has 0 aliphatic heterocycles. The second-order valence-corrected chi connectivity index (χ2v) is 4.39. The fourth-order valence-electron chi connectivity index (χ4n) is 2.05. The lowest BCUT2D eigenvalue weighted by Crippen LogP contribution is -1.94. The molecule has 1 radical (unpaired) electrons. The average molecular weight is 209 g/mol. The third-order valence-electron chi connectivity index (χ3n) is 3.48. The summed E-state index contributed by atoms with van der Waals surface area (Å²) >= 11 is 0. The Hall–Kier alpha value is -1.56. The quantitative estimate of drug-likeness (QED) is 0.653. The molecule has 0 aliphatic rings. The van der Waals surface area contributed by atoms with Crippen molar-refractivity contribution in [3.8, 4) is 11.1 Å². The molecular weight excluding hydrogens is 192 g/mol. The van der Waals surface area contributed by atoms with Crippen LogP contribution in [-0.2, 0) is 0 Å². The van der Waals surface area contributed by atoms with Crippen molar-refractivity contribution in [1.29, 1.82) is 0 Å². The molecule has 0 saturated heterocycles. The zero-order valence-electron chi connectivity index (χ0n) is 10.4. The third kappa shape index (κ3) is 1.76. The topological polar surface area (TPSA) is 0 Å². The molecular formula is C16H17. The molecule has 0 unspecified atom stereocenters. The van der Waals surface area contributed by atoms with Gasteiger partial charge in [-0.1, -0.05) is 30.3 Å². The molecule has 2 rings (SSSR count). The molecule has 0 N–H and O–H groups in total. The molecule has 0 heteroatoms. The first-order valence-electron chi connectivity index (χ1n) is 5.65. The maximum Gasteiger partial charge on any atom is -0.00991 e. The van der Waals surface area contributed by atoms with Crippen LogP contribution in [0, 0.1) is 33.8 Å². The van der Waals surface area contributed by atoms with Crippen LogP contribution in [0.15, 0.2) is 30.3 Å². The Morgan fingerprint density at radius 2 is 1.62 bits per heavy atom. The fourth-order valence-corrected chi connectivity index (χ4v) is 2.05. The summed E-state index contributed by atoms with van der Waals surface area (Å²) in [6.45, 7) is 8.76. The third-order valence-corrected chi connectivity index (χ3v) is 3.48. The molecule has 0 aromatic heterocycles. The van der Waals surface area contributed by atoms with E-state index in [0.29, 0.717) is 0 Å². The number of hydrogen-bond donors (Lipinski definition) is 0. The van der Waals surface area contributed by atoms with Gasteiger partial charge in [-0.25, -0.2) is 0 Å². The predicted octanol–water partition coefficient (Wildman–Crippen LogP) is 4.39. The van der Waals surface area contributed by atoms with Crippen LogP contribution in [0.5, 0.6) is 0 Å². The van der Waals surface area contributed by atoms with Gasteiger partial charge < -0.3 is 0 Å². The van der Waals surface area contributed by atoms with Gasteiger partial charge in [0.25, 0.3) is 0 Å². The summed E-state index contributed by atoms with van der Waals surface area (Å²) in [5.41, 5.74) is 8.01. The molecule has 0 heterocycles. The lowest BCUT2D eigenvalue weighted by Gasteiger charge is -2.14. The second-order valence-electron chi connectivity index (χ2n) is 4.39. The van der Waals surface area contributed by atoms with Crippen LogP contribution in [0.1, 0.15) is 22.3 Å². The Balaban J connectivity index is 2.68. The minimum atomic E-state index is 1.19. The summed E-state index contributed by atoms with van der Waals surface area (Å²) in [5, 5.41) is 0. The summed E-state index contributed by atoms with van der Waals surface area (Å²) in [4.78, 5) is 0. The van der Waals surface area contributed by atoms with E-state index in [0.717, 1.165) is 0 Å². The molecule has 0 amide bonds. The van der Waals surface area contributed by atoms with Crippen molar-refractivity contribution in [2.75, 3.05) is 0 Å². The normalized spacial score (nSPS) is 10.5. The van der Waals surface area contributed by atoms with Crippen molar-refractivity contribution < 1.29 is 0 Å². The van der Waals surface area contributed by atoms with Crippen LogP contribution >= 0.6 is 0 Å². The summed E-state index contributed by atoms with van der Waals surface area (Å²) < 4.78 is 0. The smallest absolute Gasteiger partial charge is 0.00991 e. The highest BCUT2D eigenvalue weighted by atomic mass is 14.1. The van der Waals surface area contributed by atoms with Crippen molar-refractivity contribution in [3.05, 3.63) is 58.7 Å². The van der Waals surface area contributed by atoms with Gasteiger partial charge in [0.1, 0.15) is 0 Å². The van der Waals surface area contributed by atoms with E-state index in [1.165, 1.54) is 33.4 Å². The Labute approximate surface area is 97.9 Å². The van der Waals surface area contributed by atoms with E-state index in [1.807, 2.05) is 12.1 Å². The highest BCUT2D eigenvalue weighted by Gasteiger charge is 2.08. The van der Waals surface area contributed by atoms with Gasteiger partial charge in [-0.05, 0) is 67.1 Å². The number of hydrogen-bond acceptors (Lipinski definition) is 0. The molecule has 0 spiro atoms. The molecule has 0 bridgehead atoms. The minimum Gasteiger partial charge on any atom is -0.0616 e. The van der Waals surface area contributed by atoms with Gasteiger partial charge in [0.2, 0.25) is 0 Å². The monoisotopic (exact) mass is 209 g/mol. The van der Waals surface area contributed by atoms with Gasteiger partial charge in [-0.2, -0.15) is 0 Å². The Morgan fingerprint density at radius 1 is 0.875 bits per heavy atom. The van der Waals surface area contributed by atoms with Crippen molar-refractivity contribution >= 4 is 0 Å². The van der Waals surface area contributed by atoms with Gasteiger partial charge in [0, 0.05) is 0 Å². The fraction of sp³-hybridized carbons (Fsp3) is 0.250. The summed E-state index contributed by atoms with van der Waals surface area (Å²) in [6.07, 6.45) is 0. The van der Waals surface area contributed by atoms with Gasteiger partial charge in [-0.15, -0.1) is 0 Å². The molecule has 0 saturated carbocycles. The summed E-state index contributed by atoms with van der Waals surface area (Å²) in [6, 6.07) is 13.7. The van der Waals surface area contributed by atoms with Gasteiger partial charge in [-0.3, -0.25) is 0 Å². The largest absolute Gasteiger partial charge is 0.0616 e. The molecule has 0 aliphatic carbocycles. The zero-order chi connectivity index (χ0) is 11.7. The van der Waals surface area contributed by atoms with E-state index in [9.17, 15) is 0 Å². The van der Waals surface area contributed by atoms with Crippen LogP contribution in [0.25, 0.3) is 11.1 Å². The van der Waals surface area contributed by atoms with Crippen LogP contribution in [0.3, 0.4) is 0 Å². The number of aryl methyl sites for hydroxylation is 1. The first-order valence-corrected chi connectivity index (χ1v) is 5.65. The maximum atomic E-state index is 3.30. The standard InChI is InChI=1S/C16H17/c1-11-10-16(14(4)13(3)12(11)2)15-8-6-5-7-9-15/h5-8,10H,1-4H3. The van der Waals surface area contributed by atoms with E-state index in [1.54, 1.807) is 0 Å². The number of rotatable bonds is 1. The minimum absolute atomic E-state index is 1.19. The number of benzene rings is 2. The molecule has 81 valence electrons. The second kappa shape index (κ2) is 4.13. The van der Waals surface area contributed by atoms with Crippen molar-refractivity contribution in [2.24, 2.45) is 0 Å². The van der Waals surface area contributed by atoms with E-state index in [4.69, 9.17) is 0 Å². The molecule has 0 fully saturated rings. The maximum absolute atomic E-state index is 3.30.